The minimum absolute atomic E-state index is 0.00877. The van der Waals surface area contributed by atoms with Crippen molar-refractivity contribution in [2.24, 2.45) is 46.3 Å². The van der Waals surface area contributed by atoms with E-state index in [1.807, 2.05) is 6.08 Å². The first-order valence-corrected chi connectivity index (χ1v) is 15.0. The van der Waals surface area contributed by atoms with Gasteiger partial charge in [-0.3, -0.25) is 4.79 Å². The molecule has 4 saturated carbocycles. The maximum absolute atomic E-state index is 13.5. The summed E-state index contributed by atoms with van der Waals surface area (Å²) in [7, 11) is 0. The lowest BCUT2D eigenvalue weighted by Gasteiger charge is -2.62. The van der Waals surface area contributed by atoms with Gasteiger partial charge in [-0.05, 0) is 98.0 Å². The van der Waals surface area contributed by atoms with Gasteiger partial charge in [0.1, 0.15) is 6.29 Å². The van der Waals surface area contributed by atoms with Crippen LogP contribution in [-0.2, 0) is 9.59 Å². The van der Waals surface area contributed by atoms with E-state index in [9.17, 15) is 30.0 Å². The molecule has 5 aliphatic rings. The number of aldehydes is 1. The molecule has 38 heavy (non-hydrogen) atoms. The monoisotopic (exact) mass is 528 g/mol. The quantitative estimate of drug-likeness (QED) is 0.304. The summed E-state index contributed by atoms with van der Waals surface area (Å²) in [6.45, 7) is 8.53. The second kappa shape index (κ2) is 9.94. The Kier molecular flexibility index (Phi) is 7.37. The maximum Gasteiger partial charge on any atom is 0.159 e. The minimum atomic E-state index is -1.10. The van der Waals surface area contributed by atoms with E-state index >= 15 is 0 Å². The van der Waals surface area contributed by atoms with E-state index in [2.05, 4.69) is 27.7 Å². The molecule has 0 radical (unpaired) electrons. The van der Waals surface area contributed by atoms with Crippen LogP contribution in [-0.4, -0.2) is 56.4 Å². The number of aliphatic hydroxyl groups is 4. The third-order valence-corrected chi connectivity index (χ3v) is 12.3. The molecule has 0 heterocycles. The number of allylic oxidation sites excluding steroid dienone is 2. The molecular weight excluding hydrogens is 480 g/mol. The molecule has 4 fully saturated rings. The highest BCUT2D eigenvalue weighted by Crippen LogP contribution is 2.71. The topological polar surface area (TPSA) is 115 Å². The first kappa shape index (κ1) is 28.2. The van der Waals surface area contributed by atoms with Gasteiger partial charge in [0.05, 0.1) is 23.9 Å². The van der Waals surface area contributed by atoms with Gasteiger partial charge in [0, 0.05) is 17.8 Å². The van der Waals surface area contributed by atoms with Crippen LogP contribution >= 0.6 is 0 Å². The molecule has 0 aromatic heterocycles. The fraction of sp³-hybridized carbons (Fsp3) is 0.812. The zero-order valence-corrected chi connectivity index (χ0v) is 23.6. The number of hydrogen-bond acceptors (Lipinski definition) is 6. The van der Waals surface area contributed by atoms with Crippen LogP contribution in [0.4, 0.5) is 0 Å². The molecule has 0 aromatic rings. The number of fused-ring (bicyclic) bond motifs is 4. The molecule has 212 valence electrons. The molecule has 5 rings (SSSR count). The summed E-state index contributed by atoms with van der Waals surface area (Å²) in [6, 6.07) is 0. The number of hydrogen-bond donors (Lipinski definition) is 4. The summed E-state index contributed by atoms with van der Waals surface area (Å²) < 4.78 is 0. The van der Waals surface area contributed by atoms with Gasteiger partial charge in [-0.25, -0.2) is 0 Å². The lowest BCUT2D eigenvalue weighted by molar-refractivity contribution is -0.166. The number of rotatable bonds is 6. The normalized spacial score (nSPS) is 47.5. The predicted molar refractivity (Wildman–Crippen MR) is 145 cm³/mol. The van der Waals surface area contributed by atoms with Gasteiger partial charge >= 0.3 is 0 Å². The van der Waals surface area contributed by atoms with Crippen molar-refractivity contribution in [2.75, 3.05) is 0 Å². The van der Waals surface area contributed by atoms with E-state index < -0.39 is 34.7 Å². The second-order valence-electron chi connectivity index (χ2n) is 14.1. The van der Waals surface area contributed by atoms with Crippen LogP contribution in [0.2, 0.25) is 0 Å². The first-order chi connectivity index (χ1) is 17.9. The average molecular weight is 529 g/mol. The van der Waals surface area contributed by atoms with E-state index in [4.69, 9.17) is 0 Å². The summed E-state index contributed by atoms with van der Waals surface area (Å²) in [5.41, 5.74) is -0.0412. The standard InChI is InChI=1S/C32H48O6/c1-18(2)19(7-6-12-33)13-26(34)21-9-5-8-20-14-23-24(32(38)11-10-22(21)31(20,32)4)15-27(35)25-16-28(36)29(37)17-30(23,25)3/h7,12,15,18,20-23,25-26,28-29,34,36-38H,5-6,8-11,13-14,16-17H2,1-4H3. The van der Waals surface area contributed by atoms with Gasteiger partial charge in [-0.1, -0.05) is 45.8 Å². The summed E-state index contributed by atoms with van der Waals surface area (Å²) >= 11 is 0. The molecule has 0 aromatic carbocycles. The zero-order valence-electron chi connectivity index (χ0n) is 23.6. The van der Waals surface area contributed by atoms with Crippen LogP contribution in [0.25, 0.3) is 0 Å². The Bertz CT molecular complexity index is 1020. The highest BCUT2D eigenvalue weighted by Gasteiger charge is 2.70. The van der Waals surface area contributed by atoms with Gasteiger partial charge in [0.25, 0.3) is 0 Å². The molecule has 0 spiro atoms. The molecule has 0 amide bonds. The van der Waals surface area contributed by atoms with E-state index in [0.29, 0.717) is 25.7 Å². The van der Waals surface area contributed by atoms with Gasteiger partial charge in [-0.2, -0.15) is 0 Å². The van der Waals surface area contributed by atoms with Crippen LogP contribution in [0.5, 0.6) is 0 Å². The fourth-order valence-electron chi connectivity index (χ4n) is 10.1. The molecule has 0 bridgehead atoms. The molecule has 11 atom stereocenters. The van der Waals surface area contributed by atoms with Crippen LogP contribution < -0.4 is 0 Å². The molecule has 6 heteroatoms. The Labute approximate surface area is 227 Å². The van der Waals surface area contributed by atoms with Crippen LogP contribution in [0, 0.1) is 46.3 Å². The number of carbonyl (C=O) groups is 2. The van der Waals surface area contributed by atoms with E-state index in [0.717, 1.165) is 49.5 Å². The molecular formula is C32H48O6. The van der Waals surface area contributed by atoms with Crippen molar-refractivity contribution in [1.29, 1.82) is 0 Å². The van der Waals surface area contributed by atoms with Gasteiger partial charge in [-0.15, -0.1) is 0 Å². The largest absolute Gasteiger partial charge is 0.392 e. The van der Waals surface area contributed by atoms with Crippen molar-refractivity contribution < 1.29 is 30.0 Å². The third-order valence-electron chi connectivity index (χ3n) is 12.3. The summed E-state index contributed by atoms with van der Waals surface area (Å²) in [5, 5.41) is 45.3. The summed E-state index contributed by atoms with van der Waals surface area (Å²) in [5.74, 6) is 0.396. The number of carbonyl (C=O) groups excluding carboxylic acids is 2. The Morgan fingerprint density at radius 3 is 2.53 bits per heavy atom. The summed E-state index contributed by atoms with van der Waals surface area (Å²) in [4.78, 5) is 24.5. The van der Waals surface area contributed by atoms with Crippen LogP contribution in [0.15, 0.2) is 23.3 Å². The van der Waals surface area contributed by atoms with Gasteiger partial charge < -0.3 is 25.2 Å². The van der Waals surface area contributed by atoms with Crippen molar-refractivity contribution in [1.82, 2.24) is 0 Å². The van der Waals surface area contributed by atoms with E-state index in [-0.39, 0.29) is 47.7 Å². The summed E-state index contributed by atoms with van der Waals surface area (Å²) in [6.07, 6.45) is 9.09. The Morgan fingerprint density at radius 2 is 1.84 bits per heavy atom. The van der Waals surface area contributed by atoms with Crippen molar-refractivity contribution in [2.45, 2.75) is 116 Å². The predicted octanol–water partition coefficient (Wildman–Crippen LogP) is 4.14. The highest BCUT2D eigenvalue weighted by molar-refractivity contribution is 5.95. The molecule has 6 nitrogen and oxygen atoms in total. The Balaban J connectivity index is 1.50. The Hall–Kier alpha value is -1.34. The smallest absolute Gasteiger partial charge is 0.159 e. The number of ketones is 1. The molecule has 11 unspecified atom stereocenters. The Morgan fingerprint density at radius 1 is 1.11 bits per heavy atom. The lowest BCUT2D eigenvalue weighted by atomic mass is 9.43. The SMILES string of the molecule is CC(C)C(=CCC=O)CC(O)C1CCCC2CC3C(=CC(=O)C4CC(O)C(O)CC43C)C3(O)CCC1C23C. The van der Waals surface area contributed by atoms with Crippen molar-refractivity contribution in [3.05, 3.63) is 23.3 Å². The minimum Gasteiger partial charge on any atom is -0.392 e. The average Bonchev–Trinajstić information content (AvgIpc) is 3.04. The lowest BCUT2D eigenvalue weighted by Crippen LogP contribution is -2.63. The zero-order chi connectivity index (χ0) is 27.6. The molecule has 4 N–H and O–H groups in total. The van der Waals surface area contributed by atoms with E-state index in [1.54, 1.807) is 6.08 Å². The van der Waals surface area contributed by atoms with Crippen LogP contribution in [0.1, 0.15) is 91.9 Å². The first-order valence-electron chi connectivity index (χ1n) is 15.0. The molecule has 0 saturated heterocycles. The molecule has 5 aliphatic carbocycles. The fourth-order valence-corrected chi connectivity index (χ4v) is 10.1. The number of aliphatic hydroxyl groups excluding tert-OH is 3. The van der Waals surface area contributed by atoms with Crippen molar-refractivity contribution >= 4 is 12.1 Å². The highest BCUT2D eigenvalue weighted by atomic mass is 16.3. The third kappa shape index (κ3) is 4.03. The van der Waals surface area contributed by atoms with E-state index in [1.165, 1.54) is 0 Å². The van der Waals surface area contributed by atoms with Gasteiger partial charge in [0.15, 0.2) is 5.78 Å². The maximum atomic E-state index is 13.5. The van der Waals surface area contributed by atoms with Crippen LogP contribution in [0.3, 0.4) is 0 Å². The second-order valence-corrected chi connectivity index (χ2v) is 14.1. The molecule has 0 aliphatic heterocycles. The van der Waals surface area contributed by atoms with Crippen molar-refractivity contribution in [3.63, 3.8) is 0 Å². The van der Waals surface area contributed by atoms with Crippen molar-refractivity contribution in [3.8, 4) is 0 Å². The van der Waals surface area contributed by atoms with Gasteiger partial charge in [0.2, 0.25) is 0 Å².